The van der Waals surface area contributed by atoms with E-state index >= 15 is 0 Å². The summed E-state index contributed by atoms with van der Waals surface area (Å²) in [5, 5.41) is 18.2. The van der Waals surface area contributed by atoms with Gasteiger partial charge in [-0.25, -0.2) is 0 Å². The third-order valence-corrected chi connectivity index (χ3v) is 2.73. The average Bonchev–Trinajstić information content (AvgIpc) is 2.24. The van der Waals surface area contributed by atoms with E-state index in [2.05, 4.69) is 15.9 Å². The fourth-order valence-corrected chi connectivity index (χ4v) is 1.71. The minimum atomic E-state index is -0.541. The van der Waals surface area contributed by atoms with E-state index in [0.29, 0.717) is 12.4 Å². The van der Waals surface area contributed by atoms with Gasteiger partial charge in [0.2, 0.25) is 0 Å². The second kappa shape index (κ2) is 6.89. The van der Waals surface area contributed by atoms with Gasteiger partial charge in [-0.1, -0.05) is 22.0 Å². The zero-order valence-corrected chi connectivity index (χ0v) is 10.9. The molecule has 0 saturated heterocycles. The van der Waals surface area contributed by atoms with E-state index in [1.54, 1.807) is 6.92 Å². The largest absolute Gasteiger partial charge is 0.493 e. The quantitative estimate of drug-likeness (QED) is 0.792. The number of aliphatic hydroxyl groups excluding tert-OH is 2. The van der Waals surface area contributed by atoms with Crippen molar-refractivity contribution in [1.82, 2.24) is 0 Å². The monoisotopic (exact) mass is 288 g/mol. The Morgan fingerprint density at radius 1 is 1.38 bits per heavy atom. The number of aliphatic hydroxyl groups is 2. The fraction of sp³-hybridized carbons (Fsp3) is 0.500. The summed E-state index contributed by atoms with van der Waals surface area (Å²) in [6.07, 6.45) is 1.00. The van der Waals surface area contributed by atoms with Crippen molar-refractivity contribution in [3.05, 3.63) is 28.2 Å². The van der Waals surface area contributed by atoms with Crippen molar-refractivity contribution in [2.24, 2.45) is 0 Å². The Labute approximate surface area is 104 Å². The smallest absolute Gasteiger partial charge is 0.126 e. The van der Waals surface area contributed by atoms with Gasteiger partial charge < -0.3 is 14.9 Å². The standard InChI is InChI=1S/C12H17BrO3/c1-9(15)11-5-4-10(13)8-12(11)16-7-3-2-6-14/h4-5,8-9,14-15H,2-3,6-7H2,1H3. The maximum atomic E-state index is 9.56. The molecule has 16 heavy (non-hydrogen) atoms. The van der Waals surface area contributed by atoms with E-state index < -0.39 is 6.10 Å². The molecule has 0 aromatic heterocycles. The average molecular weight is 289 g/mol. The van der Waals surface area contributed by atoms with Crippen LogP contribution in [0.5, 0.6) is 5.75 Å². The number of benzene rings is 1. The van der Waals surface area contributed by atoms with Gasteiger partial charge in [0.1, 0.15) is 5.75 Å². The molecule has 0 saturated carbocycles. The molecule has 2 N–H and O–H groups in total. The molecule has 0 aliphatic heterocycles. The Morgan fingerprint density at radius 2 is 2.12 bits per heavy atom. The maximum Gasteiger partial charge on any atom is 0.126 e. The van der Waals surface area contributed by atoms with Crippen LogP contribution < -0.4 is 4.74 Å². The molecule has 1 aromatic carbocycles. The summed E-state index contributed by atoms with van der Waals surface area (Å²) in [4.78, 5) is 0. The van der Waals surface area contributed by atoms with Crippen LogP contribution in [0.4, 0.5) is 0 Å². The van der Waals surface area contributed by atoms with Crippen LogP contribution in [0.1, 0.15) is 31.4 Å². The molecule has 0 amide bonds. The highest BCUT2D eigenvalue weighted by Crippen LogP contribution is 2.28. The molecular weight excluding hydrogens is 272 g/mol. The van der Waals surface area contributed by atoms with E-state index in [0.717, 1.165) is 22.9 Å². The van der Waals surface area contributed by atoms with E-state index in [4.69, 9.17) is 9.84 Å². The lowest BCUT2D eigenvalue weighted by atomic mass is 10.1. The third-order valence-electron chi connectivity index (χ3n) is 2.24. The van der Waals surface area contributed by atoms with E-state index in [9.17, 15) is 5.11 Å². The number of hydrogen-bond donors (Lipinski definition) is 2. The van der Waals surface area contributed by atoms with Gasteiger partial charge in [-0.3, -0.25) is 0 Å². The predicted molar refractivity (Wildman–Crippen MR) is 66.6 cm³/mol. The van der Waals surface area contributed by atoms with Crippen molar-refractivity contribution < 1.29 is 14.9 Å². The van der Waals surface area contributed by atoms with Crippen LogP contribution in [0.25, 0.3) is 0 Å². The Balaban J connectivity index is 2.65. The second-order valence-electron chi connectivity index (χ2n) is 3.64. The van der Waals surface area contributed by atoms with Crippen molar-refractivity contribution in [3.8, 4) is 5.75 Å². The van der Waals surface area contributed by atoms with Crippen LogP contribution in [0.15, 0.2) is 22.7 Å². The van der Waals surface area contributed by atoms with Gasteiger partial charge in [-0.05, 0) is 31.9 Å². The van der Waals surface area contributed by atoms with E-state index in [1.807, 2.05) is 18.2 Å². The molecule has 0 spiro atoms. The van der Waals surface area contributed by atoms with Crippen LogP contribution in [0.3, 0.4) is 0 Å². The topological polar surface area (TPSA) is 49.7 Å². The molecule has 90 valence electrons. The van der Waals surface area contributed by atoms with Gasteiger partial charge in [-0.15, -0.1) is 0 Å². The molecule has 0 aliphatic carbocycles. The summed E-state index contributed by atoms with van der Waals surface area (Å²) in [5.41, 5.74) is 0.784. The Bertz CT molecular complexity index is 326. The summed E-state index contributed by atoms with van der Waals surface area (Å²) in [6.45, 7) is 2.45. The molecule has 1 atom stereocenters. The highest BCUT2D eigenvalue weighted by Gasteiger charge is 2.09. The Hall–Kier alpha value is -0.580. The molecule has 1 unspecified atom stereocenters. The Kier molecular flexibility index (Phi) is 5.80. The summed E-state index contributed by atoms with van der Waals surface area (Å²) in [5.74, 6) is 0.697. The first kappa shape index (κ1) is 13.5. The first-order valence-corrected chi connectivity index (χ1v) is 6.15. The number of rotatable bonds is 6. The van der Waals surface area contributed by atoms with Crippen LogP contribution in [0, 0.1) is 0 Å². The van der Waals surface area contributed by atoms with Crippen molar-refractivity contribution in [3.63, 3.8) is 0 Å². The van der Waals surface area contributed by atoms with E-state index in [-0.39, 0.29) is 6.61 Å². The Morgan fingerprint density at radius 3 is 2.75 bits per heavy atom. The van der Waals surface area contributed by atoms with E-state index in [1.165, 1.54) is 0 Å². The van der Waals surface area contributed by atoms with Crippen LogP contribution >= 0.6 is 15.9 Å². The van der Waals surface area contributed by atoms with Crippen molar-refractivity contribution >= 4 is 15.9 Å². The normalized spacial score (nSPS) is 12.5. The van der Waals surface area contributed by atoms with Gasteiger partial charge in [-0.2, -0.15) is 0 Å². The highest BCUT2D eigenvalue weighted by atomic mass is 79.9. The molecular formula is C12H17BrO3. The number of unbranched alkanes of at least 4 members (excludes halogenated alkanes) is 1. The zero-order chi connectivity index (χ0) is 12.0. The lowest BCUT2D eigenvalue weighted by Crippen LogP contribution is -2.03. The van der Waals surface area contributed by atoms with Crippen molar-refractivity contribution in [2.45, 2.75) is 25.9 Å². The number of hydrogen-bond acceptors (Lipinski definition) is 3. The van der Waals surface area contributed by atoms with Crippen molar-refractivity contribution in [2.75, 3.05) is 13.2 Å². The molecule has 0 aliphatic rings. The van der Waals surface area contributed by atoms with Crippen LogP contribution in [0.2, 0.25) is 0 Å². The van der Waals surface area contributed by atoms with Gasteiger partial charge in [0, 0.05) is 16.6 Å². The minimum Gasteiger partial charge on any atom is -0.493 e. The summed E-state index contributed by atoms with van der Waals surface area (Å²) < 4.78 is 6.51. The zero-order valence-electron chi connectivity index (χ0n) is 9.32. The van der Waals surface area contributed by atoms with Gasteiger partial charge in [0.15, 0.2) is 0 Å². The lowest BCUT2D eigenvalue weighted by molar-refractivity contribution is 0.189. The third kappa shape index (κ3) is 4.12. The molecule has 4 heteroatoms. The summed E-state index contributed by atoms with van der Waals surface area (Å²) in [6, 6.07) is 5.57. The highest BCUT2D eigenvalue weighted by molar-refractivity contribution is 9.10. The van der Waals surface area contributed by atoms with Crippen LogP contribution in [-0.4, -0.2) is 23.4 Å². The lowest BCUT2D eigenvalue weighted by Gasteiger charge is -2.13. The fourth-order valence-electron chi connectivity index (χ4n) is 1.37. The number of halogens is 1. The second-order valence-corrected chi connectivity index (χ2v) is 4.55. The maximum absolute atomic E-state index is 9.56. The first-order valence-electron chi connectivity index (χ1n) is 5.36. The van der Waals surface area contributed by atoms with Gasteiger partial charge in [0.25, 0.3) is 0 Å². The molecule has 1 aromatic rings. The number of ether oxygens (including phenoxy) is 1. The minimum absolute atomic E-state index is 0.186. The molecule has 0 heterocycles. The summed E-state index contributed by atoms with van der Waals surface area (Å²) >= 11 is 3.37. The molecule has 3 nitrogen and oxygen atoms in total. The summed E-state index contributed by atoms with van der Waals surface area (Å²) in [7, 11) is 0. The molecule has 1 rings (SSSR count). The van der Waals surface area contributed by atoms with Crippen LogP contribution in [-0.2, 0) is 0 Å². The predicted octanol–water partition coefficient (Wildman–Crippen LogP) is 2.65. The molecule has 0 bridgehead atoms. The SMILES string of the molecule is CC(O)c1ccc(Br)cc1OCCCCO. The van der Waals surface area contributed by atoms with Gasteiger partial charge in [0.05, 0.1) is 12.7 Å². The first-order chi connectivity index (χ1) is 7.65. The molecule has 0 radical (unpaired) electrons. The molecule has 0 fully saturated rings. The van der Waals surface area contributed by atoms with Crippen molar-refractivity contribution in [1.29, 1.82) is 0 Å². The van der Waals surface area contributed by atoms with Gasteiger partial charge >= 0.3 is 0 Å².